The lowest BCUT2D eigenvalue weighted by atomic mass is 10.3. The van der Waals surface area contributed by atoms with E-state index in [1.54, 1.807) is 6.20 Å². The van der Waals surface area contributed by atoms with Crippen molar-refractivity contribution in [3.05, 3.63) is 36.4 Å². The molecule has 2 heterocycles. The van der Waals surface area contributed by atoms with Gasteiger partial charge in [-0.15, -0.1) is 0 Å². The number of aromatic nitrogens is 3. The van der Waals surface area contributed by atoms with Crippen molar-refractivity contribution >= 4 is 0 Å². The Morgan fingerprint density at radius 2 is 2.29 bits per heavy atom. The summed E-state index contributed by atoms with van der Waals surface area (Å²) >= 11 is 0. The van der Waals surface area contributed by atoms with Gasteiger partial charge in [-0.3, -0.25) is 0 Å². The number of aromatic amines is 1. The lowest BCUT2D eigenvalue weighted by Crippen LogP contribution is -1.99. The van der Waals surface area contributed by atoms with Crippen molar-refractivity contribution in [2.24, 2.45) is 0 Å². The van der Waals surface area contributed by atoms with Crippen LogP contribution >= 0.6 is 0 Å². The third-order valence-electron chi connectivity index (χ3n) is 1.91. The number of rotatable bonds is 3. The molecule has 0 spiro atoms. The molecule has 0 amide bonds. The SMILES string of the molecule is OCCc1nccc(-c2ccc[nH]2)n1. The smallest absolute Gasteiger partial charge is 0.131 e. The van der Waals surface area contributed by atoms with Crippen LogP contribution in [0.3, 0.4) is 0 Å². The topological polar surface area (TPSA) is 61.8 Å². The summed E-state index contributed by atoms with van der Waals surface area (Å²) in [4.78, 5) is 11.4. The Hall–Kier alpha value is -1.68. The zero-order chi connectivity index (χ0) is 9.80. The summed E-state index contributed by atoms with van der Waals surface area (Å²) in [5.74, 6) is 0.666. The monoisotopic (exact) mass is 189 g/mol. The molecular weight excluding hydrogens is 178 g/mol. The van der Waals surface area contributed by atoms with E-state index in [1.807, 2.05) is 24.4 Å². The van der Waals surface area contributed by atoms with Crippen molar-refractivity contribution in [2.45, 2.75) is 6.42 Å². The predicted octanol–water partition coefficient (Wildman–Crippen LogP) is 1.01. The highest BCUT2D eigenvalue weighted by molar-refractivity contribution is 5.53. The fourth-order valence-electron chi connectivity index (χ4n) is 1.26. The van der Waals surface area contributed by atoms with Crippen molar-refractivity contribution in [1.82, 2.24) is 15.0 Å². The van der Waals surface area contributed by atoms with Gasteiger partial charge in [-0.25, -0.2) is 9.97 Å². The van der Waals surface area contributed by atoms with Gasteiger partial charge < -0.3 is 10.1 Å². The maximum absolute atomic E-state index is 8.75. The summed E-state index contributed by atoms with van der Waals surface area (Å²) in [5.41, 5.74) is 1.82. The standard InChI is InChI=1S/C10H11N3O/c14-7-4-10-12-6-3-9(13-10)8-2-1-5-11-8/h1-3,5-6,11,14H,4,7H2. The van der Waals surface area contributed by atoms with Gasteiger partial charge in [-0.2, -0.15) is 0 Å². The molecule has 0 saturated heterocycles. The number of aliphatic hydroxyl groups is 1. The number of hydrogen-bond acceptors (Lipinski definition) is 3. The number of nitrogens with one attached hydrogen (secondary N) is 1. The summed E-state index contributed by atoms with van der Waals surface area (Å²) in [6.45, 7) is 0.0776. The Morgan fingerprint density at radius 3 is 3.00 bits per heavy atom. The first kappa shape index (κ1) is 8.90. The molecule has 0 aliphatic rings. The maximum Gasteiger partial charge on any atom is 0.131 e. The molecule has 0 unspecified atom stereocenters. The third-order valence-corrected chi connectivity index (χ3v) is 1.91. The van der Waals surface area contributed by atoms with Crippen LogP contribution in [-0.4, -0.2) is 26.7 Å². The van der Waals surface area contributed by atoms with E-state index in [0.717, 1.165) is 11.4 Å². The first-order valence-electron chi connectivity index (χ1n) is 4.46. The Morgan fingerprint density at radius 1 is 1.36 bits per heavy atom. The highest BCUT2D eigenvalue weighted by atomic mass is 16.3. The lowest BCUT2D eigenvalue weighted by Gasteiger charge is -1.99. The fraction of sp³-hybridized carbons (Fsp3) is 0.200. The summed E-state index contributed by atoms with van der Waals surface area (Å²) in [5, 5.41) is 8.75. The van der Waals surface area contributed by atoms with Gasteiger partial charge in [0.2, 0.25) is 0 Å². The quantitative estimate of drug-likeness (QED) is 0.757. The first-order valence-corrected chi connectivity index (χ1v) is 4.46. The molecule has 0 radical (unpaired) electrons. The number of nitrogens with zero attached hydrogens (tertiary/aromatic N) is 2. The third kappa shape index (κ3) is 1.80. The van der Waals surface area contributed by atoms with Crippen molar-refractivity contribution in [3.63, 3.8) is 0 Å². The average Bonchev–Trinajstić information content (AvgIpc) is 2.71. The Labute approximate surface area is 81.7 Å². The molecule has 0 aliphatic heterocycles. The molecule has 14 heavy (non-hydrogen) atoms. The summed E-state index contributed by atoms with van der Waals surface area (Å²) < 4.78 is 0. The summed E-state index contributed by atoms with van der Waals surface area (Å²) in [6.07, 6.45) is 4.05. The van der Waals surface area contributed by atoms with E-state index in [0.29, 0.717) is 12.2 Å². The molecule has 4 nitrogen and oxygen atoms in total. The molecule has 4 heteroatoms. The van der Waals surface area contributed by atoms with Gasteiger partial charge in [-0.05, 0) is 18.2 Å². The van der Waals surface area contributed by atoms with Crippen LogP contribution in [0.25, 0.3) is 11.4 Å². The van der Waals surface area contributed by atoms with Crippen LogP contribution in [0.5, 0.6) is 0 Å². The van der Waals surface area contributed by atoms with Crippen LogP contribution in [0.4, 0.5) is 0 Å². The molecule has 0 bridgehead atoms. The molecule has 0 atom stereocenters. The van der Waals surface area contributed by atoms with Crippen LogP contribution in [0.1, 0.15) is 5.82 Å². The van der Waals surface area contributed by atoms with E-state index in [2.05, 4.69) is 15.0 Å². The number of hydrogen-bond donors (Lipinski definition) is 2. The molecule has 2 rings (SSSR count). The van der Waals surface area contributed by atoms with Crippen molar-refractivity contribution < 1.29 is 5.11 Å². The van der Waals surface area contributed by atoms with Gasteiger partial charge in [0.25, 0.3) is 0 Å². The second-order valence-corrected chi connectivity index (χ2v) is 2.92. The van der Waals surface area contributed by atoms with Gasteiger partial charge in [0.05, 0.1) is 18.0 Å². The van der Waals surface area contributed by atoms with Gasteiger partial charge in [0.1, 0.15) is 5.82 Å². The van der Waals surface area contributed by atoms with Crippen LogP contribution in [0, 0.1) is 0 Å². The molecule has 72 valence electrons. The molecule has 0 aliphatic carbocycles. The molecular formula is C10H11N3O. The largest absolute Gasteiger partial charge is 0.396 e. The van der Waals surface area contributed by atoms with E-state index in [4.69, 9.17) is 5.11 Å². The Kier molecular flexibility index (Phi) is 2.55. The Balaban J connectivity index is 2.31. The van der Waals surface area contributed by atoms with Crippen molar-refractivity contribution in [1.29, 1.82) is 0 Å². The van der Waals surface area contributed by atoms with Gasteiger partial charge in [0, 0.05) is 18.8 Å². The minimum Gasteiger partial charge on any atom is -0.396 e. The van der Waals surface area contributed by atoms with Gasteiger partial charge >= 0.3 is 0 Å². The molecule has 0 fully saturated rings. The minimum atomic E-state index is 0.0776. The van der Waals surface area contributed by atoms with Crippen LogP contribution in [0.15, 0.2) is 30.6 Å². The highest BCUT2D eigenvalue weighted by Crippen LogP contribution is 2.12. The number of H-pyrrole nitrogens is 1. The molecule has 2 aromatic rings. The summed E-state index contributed by atoms with van der Waals surface area (Å²) in [7, 11) is 0. The molecule has 2 N–H and O–H groups in total. The van der Waals surface area contributed by atoms with Crippen LogP contribution in [0.2, 0.25) is 0 Å². The van der Waals surface area contributed by atoms with Crippen molar-refractivity contribution in [2.75, 3.05) is 6.61 Å². The Bertz CT molecular complexity index is 398. The second kappa shape index (κ2) is 4.02. The van der Waals surface area contributed by atoms with E-state index >= 15 is 0 Å². The normalized spacial score (nSPS) is 10.4. The van der Waals surface area contributed by atoms with Gasteiger partial charge in [0.15, 0.2) is 0 Å². The fourth-order valence-corrected chi connectivity index (χ4v) is 1.26. The van der Waals surface area contributed by atoms with Gasteiger partial charge in [-0.1, -0.05) is 0 Å². The molecule has 0 saturated carbocycles. The van der Waals surface area contributed by atoms with Crippen LogP contribution < -0.4 is 0 Å². The predicted molar refractivity (Wildman–Crippen MR) is 52.6 cm³/mol. The maximum atomic E-state index is 8.75. The second-order valence-electron chi connectivity index (χ2n) is 2.92. The first-order chi connectivity index (χ1) is 6.90. The highest BCUT2D eigenvalue weighted by Gasteiger charge is 2.01. The van der Waals surface area contributed by atoms with E-state index < -0.39 is 0 Å². The number of aliphatic hydroxyl groups excluding tert-OH is 1. The van der Waals surface area contributed by atoms with E-state index in [9.17, 15) is 0 Å². The molecule has 0 aromatic carbocycles. The van der Waals surface area contributed by atoms with E-state index in [1.165, 1.54) is 0 Å². The molecule has 2 aromatic heterocycles. The van der Waals surface area contributed by atoms with Crippen LogP contribution in [-0.2, 0) is 6.42 Å². The van der Waals surface area contributed by atoms with Crippen molar-refractivity contribution in [3.8, 4) is 11.4 Å². The lowest BCUT2D eigenvalue weighted by molar-refractivity contribution is 0.296. The zero-order valence-electron chi connectivity index (χ0n) is 7.64. The average molecular weight is 189 g/mol. The zero-order valence-corrected chi connectivity index (χ0v) is 7.64. The van der Waals surface area contributed by atoms with E-state index in [-0.39, 0.29) is 6.61 Å². The summed E-state index contributed by atoms with van der Waals surface area (Å²) in [6, 6.07) is 5.71. The minimum absolute atomic E-state index is 0.0776.